The van der Waals surface area contributed by atoms with E-state index in [1.165, 1.54) is 18.2 Å². The zero-order valence-electron chi connectivity index (χ0n) is 16.3. The number of H-pyrrole nitrogens is 1. The van der Waals surface area contributed by atoms with Crippen molar-refractivity contribution < 1.29 is 13.9 Å². The molecule has 0 bridgehead atoms. The molecule has 0 aliphatic carbocycles. The number of nitrogens with one attached hydrogen (secondary N) is 1. The van der Waals surface area contributed by atoms with Crippen molar-refractivity contribution >= 4 is 16.8 Å². The first kappa shape index (κ1) is 19.3. The molecule has 1 fully saturated rings. The van der Waals surface area contributed by atoms with E-state index in [4.69, 9.17) is 4.74 Å². The molecule has 1 N–H and O–H groups in total. The maximum absolute atomic E-state index is 13.6. The summed E-state index contributed by atoms with van der Waals surface area (Å²) in [4.78, 5) is 30.2. The first-order chi connectivity index (χ1) is 14.0. The summed E-state index contributed by atoms with van der Waals surface area (Å²) in [7, 11) is 0. The number of aryl methyl sites for hydroxylation is 1. The highest BCUT2D eigenvalue weighted by Crippen LogP contribution is 2.19. The summed E-state index contributed by atoms with van der Waals surface area (Å²) >= 11 is 0. The van der Waals surface area contributed by atoms with Gasteiger partial charge in [0.05, 0.1) is 12.6 Å². The number of aromatic nitrogens is 1. The highest BCUT2D eigenvalue weighted by Gasteiger charge is 2.24. The van der Waals surface area contributed by atoms with Gasteiger partial charge in [-0.15, -0.1) is 0 Å². The summed E-state index contributed by atoms with van der Waals surface area (Å²) in [6.45, 7) is 3.13. The van der Waals surface area contributed by atoms with E-state index in [9.17, 15) is 14.0 Å². The molecule has 150 valence electrons. The standard InChI is InChI=1S/C23H23FN2O3/c1-15-7-8-16-11-18(22(27)25-21(16)10-15)13-26(14-20-6-3-9-29-20)23(28)17-4-2-5-19(24)12-17/h2,4-5,7-8,10-12,20H,3,6,9,13-14H2,1H3,(H,25,27). The van der Waals surface area contributed by atoms with Gasteiger partial charge in [-0.1, -0.05) is 18.2 Å². The number of halogens is 1. The minimum atomic E-state index is -0.466. The number of amides is 1. The lowest BCUT2D eigenvalue weighted by molar-refractivity contribution is 0.0506. The zero-order valence-corrected chi connectivity index (χ0v) is 16.3. The molecule has 1 saturated heterocycles. The molecule has 4 rings (SSSR count). The second-order valence-corrected chi connectivity index (χ2v) is 7.55. The fraction of sp³-hybridized carbons (Fsp3) is 0.304. The van der Waals surface area contributed by atoms with Crippen molar-refractivity contribution in [2.24, 2.45) is 0 Å². The minimum Gasteiger partial charge on any atom is -0.376 e. The third-order valence-corrected chi connectivity index (χ3v) is 5.25. The number of hydrogen-bond acceptors (Lipinski definition) is 3. The van der Waals surface area contributed by atoms with Crippen LogP contribution in [0.2, 0.25) is 0 Å². The molecular weight excluding hydrogens is 371 g/mol. The molecule has 1 aliphatic heterocycles. The van der Waals surface area contributed by atoms with Crippen LogP contribution in [0.4, 0.5) is 4.39 Å². The van der Waals surface area contributed by atoms with Gasteiger partial charge in [0, 0.05) is 29.8 Å². The van der Waals surface area contributed by atoms with Crippen LogP contribution in [0.5, 0.6) is 0 Å². The first-order valence-electron chi connectivity index (χ1n) is 9.78. The smallest absolute Gasteiger partial charge is 0.254 e. The Kier molecular flexibility index (Phi) is 5.45. The van der Waals surface area contributed by atoms with Gasteiger partial charge in [-0.2, -0.15) is 0 Å². The van der Waals surface area contributed by atoms with Gasteiger partial charge in [-0.3, -0.25) is 9.59 Å². The third-order valence-electron chi connectivity index (χ3n) is 5.25. The van der Waals surface area contributed by atoms with Crippen LogP contribution in [0.3, 0.4) is 0 Å². The fourth-order valence-electron chi connectivity index (χ4n) is 3.74. The Hall–Kier alpha value is -2.99. The Bertz CT molecular complexity index is 1100. The Labute approximate surface area is 168 Å². The summed E-state index contributed by atoms with van der Waals surface area (Å²) in [5, 5.41) is 0.903. The SMILES string of the molecule is Cc1ccc2cc(CN(CC3CCCO3)C(=O)c3cccc(F)c3)c(=O)[nH]c2c1. The molecule has 5 nitrogen and oxygen atoms in total. The quantitative estimate of drug-likeness (QED) is 0.716. The van der Waals surface area contributed by atoms with Gasteiger partial charge < -0.3 is 14.6 Å². The van der Waals surface area contributed by atoms with E-state index in [-0.39, 0.29) is 29.7 Å². The summed E-state index contributed by atoms with van der Waals surface area (Å²) in [5.41, 5.74) is 2.34. The lowest BCUT2D eigenvalue weighted by Crippen LogP contribution is -2.38. The van der Waals surface area contributed by atoms with Crippen LogP contribution in [0, 0.1) is 12.7 Å². The molecule has 3 aromatic rings. The number of nitrogens with zero attached hydrogens (tertiary/aromatic N) is 1. The number of aromatic amines is 1. The molecule has 6 heteroatoms. The Morgan fingerprint density at radius 3 is 2.86 bits per heavy atom. The van der Waals surface area contributed by atoms with Crippen LogP contribution < -0.4 is 5.56 Å². The number of carbonyl (C=O) groups is 1. The molecule has 2 aromatic carbocycles. The molecule has 1 unspecified atom stereocenters. The van der Waals surface area contributed by atoms with Crippen LogP contribution in [0.25, 0.3) is 10.9 Å². The van der Waals surface area contributed by atoms with Crippen molar-refractivity contribution in [2.75, 3.05) is 13.2 Å². The van der Waals surface area contributed by atoms with Crippen molar-refractivity contribution in [3.05, 3.63) is 81.4 Å². The van der Waals surface area contributed by atoms with E-state index >= 15 is 0 Å². The highest BCUT2D eigenvalue weighted by atomic mass is 19.1. The number of pyridine rings is 1. The van der Waals surface area contributed by atoms with Crippen LogP contribution in [0.1, 0.15) is 34.3 Å². The van der Waals surface area contributed by atoms with Gasteiger partial charge in [-0.25, -0.2) is 4.39 Å². The van der Waals surface area contributed by atoms with Crippen LogP contribution in [-0.2, 0) is 11.3 Å². The summed E-state index contributed by atoms with van der Waals surface area (Å²) in [5.74, 6) is -0.782. The second kappa shape index (κ2) is 8.17. The number of carbonyl (C=O) groups excluding carboxylic acids is 1. The van der Waals surface area contributed by atoms with E-state index in [1.807, 2.05) is 31.2 Å². The average molecular weight is 394 g/mol. The number of ether oxygens (including phenoxy) is 1. The van der Waals surface area contributed by atoms with E-state index in [2.05, 4.69) is 4.98 Å². The largest absolute Gasteiger partial charge is 0.376 e. The monoisotopic (exact) mass is 394 g/mol. The molecule has 1 atom stereocenters. The van der Waals surface area contributed by atoms with Crippen molar-refractivity contribution in [2.45, 2.75) is 32.4 Å². The Morgan fingerprint density at radius 2 is 2.10 bits per heavy atom. The lowest BCUT2D eigenvalue weighted by atomic mass is 10.1. The molecule has 1 amide bonds. The molecule has 0 saturated carbocycles. The van der Waals surface area contributed by atoms with E-state index in [0.29, 0.717) is 18.7 Å². The number of fused-ring (bicyclic) bond motifs is 1. The molecule has 0 radical (unpaired) electrons. The maximum Gasteiger partial charge on any atom is 0.254 e. The Balaban J connectivity index is 1.66. The summed E-state index contributed by atoms with van der Waals surface area (Å²) in [6.07, 6.45) is 1.73. The summed E-state index contributed by atoms with van der Waals surface area (Å²) in [6, 6.07) is 13.3. The maximum atomic E-state index is 13.6. The van der Waals surface area contributed by atoms with Gasteiger partial charge in [-0.05, 0) is 61.0 Å². The number of hydrogen-bond donors (Lipinski definition) is 1. The third kappa shape index (κ3) is 4.38. The molecular formula is C23H23FN2O3. The Morgan fingerprint density at radius 1 is 1.24 bits per heavy atom. The van der Waals surface area contributed by atoms with Crippen LogP contribution in [-0.4, -0.2) is 35.0 Å². The van der Waals surface area contributed by atoms with E-state index < -0.39 is 5.82 Å². The lowest BCUT2D eigenvalue weighted by Gasteiger charge is -2.25. The van der Waals surface area contributed by atoms with Gasteiger partial charge in [0.2, 0.25) is 0 Å². The minimum absolute atomic E-state index is 0.0744. The van der Waals surface area contributed by atoms with E-state index in [1.54, 1.807) is 11.0 Å². The van der Waals surface area contributed by atoms with Gasteiger partial charge in [0.25, 0.3) is 11.5 Å². The van der Waals surface area contributed by atoms with Crippen LogP contribution in [0.15, 0.2) is 53.3 Å². The van der Waals surface area contributed by atoms with Crippen molar-refractivity contribution in [1.29, 1.82) is 0 Å². The molecule has 2 heterocycles. The fourth-order valence-corrected chi connectivity index (χ4v) is 3.74. The van der Waals surface area contributed by atoms with Gasteiger partial charge >= 0.3 is 0 Å². The predicted octanol–water partition coefficient (Wildman–Crippen LogP) is 3.80. The molecule has 29 heavy (non-hydrogen) atoms. The molecule has 1 aromatic heterocycles. The molecule has 0 spiro atoms. The van der Waals surface area contributed by atoms with Gasteiger partial charge in [0.1, 0.15) is 5.82 Å². The highest BCUT2D eigenvalue weighted by molar-refractivity contribution is 5.94. The first-order valence-corrected chi connectivity index (χ1v) is 9.78. The van der Waals surface area contributed by atoms with Crippen molar-refractivity contribution in [3.8, 4) is 0 Å². The van der Waals surface area contributed by atoms with Crippen LogP contribution >= 0.6 is 0 Å². The van der Waals surface area contributed by atoms with Gasteiger partial charge in [0.15, 0.2) is 0 Å². The second-order valence-electron chi connectivity index (χ2n) is 7.55. The molecule has 1 aliphatic rings. The topological polar surface area (TPSA) is 62.4 Å². The number of rotatable bonds is 5. The van der Waals surface area contributed by atoms with Crippen molar-refractivity contribution in [1.82, 2.24) is 9.88 Å². The normalized spacial score (nSPS) is 16.3. The van der Waals surface area contributed by atoms with E-state index in [0.717, 1.165) is 29.3 Å². The number of benzene rings is 2. The zero-order chi connectivity index (χ0) is 20.4. The average Bonchev–Trinajstić information content (AvgIpc) is 3.20. The predicted molar refractivity (Wildman–Crippen MR) is 109 cm³/mol. The summed E-state index contributed by atoms with van der Waals surface area (Å²) < 4.78 is 19.3. The van der Waals surface area contributed by atoms with Crippen molar-refractivity contribution in [3.63, 3.8) is 0 Å².